The maximum atomic E-state index is 13.6. The molecule has 0 spiro atoms. The summed E-state index contributed by atoms with van der Waals surface area (Å²) in [6.45, 7) is 0.628. The molecule has 0 aliphatic carbocycles. The van der Waals surface area contributed by atoms with E-state index >= 15 is 0 Å². The fourth-order valence-electron chi connectivity index (χ4n) is 2.92. The predicted octanol–water partition coefficient (Wildman–Crippen LogP) is 5.42. The second kappa shape index (κ2) is 7.23. The molecule has 0 saturated heterocycles. The minimum atomic E-state index is -0.247. The Hall–Kier alpha value is -1.76. The van der Waals surface area contributed by atoms with Gasteiger partial charge in [0.25, 0.3) is 0 Å². The van der Waals surface area contributed by atoms with Crippen molar-refractivity contribution in [1.29, 1.82) is 0 Å². The van der Waals surface area contributed by atoms with Gasteiger partial charge in [-0.3, -0.25) is 0 Å². The third-order valence-electron chi connectivity index (χ3n) is 4.18. The Morgan fingerprint density at radius 3 is 2.72 bits per heavy atom. The van der Waals surface area contributed by atoms with Crippen molar-refractivity contribution in [3.8, 4) is 10.6 Å². The average Bonchev–Trinajstić information content (AvgIpc) is 3.09. The molecule has 6 heteroatoms. The smallest absolute Gasteiger partial charge is 0.123 e. The second-order valence-electron chi connectivity index (χ2n) is 5.90. The molecule has 25 heavy (non-hydrogen) atoms. The van der Waals surface area contributed by atoms with E-state index in [1.807, 2.05) is 11.4 Å². The van der Waals surface area contributed by atoms with Crippen LogP contribution in [0.15, 0.2) is 52.7 Å². The van der Waals surface area contributed by atoms with Crippen LogP contribution in [-0.2, 0) is 6.54 Å². The van der Waals surface area contributed by atoms with Crippen LogP contribution in [0.2, 0.25) is 0 Å². The molecule has 1 aromatic heterocycles. The van der Waals surface area contributed by atoms with Crippen LogP contribution >= 0.6 is 23.1 Å². The second-order valence-corrected chi connectivity index (χ2v) is 7.90. The molecule has 128 valence electrons. The van der Waals surface area contributed by atoms with E-state index in [0.29, 0.717) is 6.54 Å². The lowest BCUT2D eigenvalue weighted by Gasteiger charge is -2.25. The maximum Gasteiger partial charge on any atom is 0.123 e. The molecule has 0 bridgehead atoms. The van der Waals surface area contributed by atoms with Crippen LogP contribution in [0.1, 0.15) is 23.7 Å². The van der Waals surface area contributed by atoms with E-state index in [2.05, 4.69) is 10.3 Å². The number of benzene rings is 2. The van der Waals surface area contributed by atoms with E-state index in [-0.39, 0.29) is 17.7 Å². The minimum Gasteiger partial charge on any atom is -0.304 e. The first-order valence-corrected chi connectivity index (χ1v) is 9.91. The van der Waals surface area contributed by atoms with E-state index < -0.39 is 0 Å². The zero-order valence-electron chi connectivity index (χ0n) is 13.3. The van der Waals surface area contributed by atoms with Crippen LogP contribution in [0.5, 0.6) is 0 Å². The highest BCUT2D eigenvalue weighted by Crippen LogP contribution is 2.36. The molecular formula is C19H16F2N2S2. The zero-order chi connectivity index (χ0) is 17.2. The Morgan fingerprint density at radius 2 is 1.88 bits per heavy atom. The van der Waals surface area contributed by atoms with E-state index in [4.69, 9.17) is 0 Å². The summed E-state index contributed by atoms with van der Waals surface area (Å²) in [7, 11) is 0. The third-order valence-corrected chi connectivity index (χ3v) is 6.25. The lowest BCUT2D eigenvalue weighted by atomic mass is 10.0. The number of aromatic nitrogens is 1. The van der Waals surface area contributed by atoms with Gasteiger partial charge >= 0.3 is 0 Å². The van der Waals surface area contributed by atoms with Crippen molar-refractivity contribution in [2.45, 2.75) is 23.9 Å². The largest absolute Gasteiger partial charge is 0.304 e. The van der Waals surface area contributed by atoms with Crippen LogP contribution in [-0.4, -0.2) is 10.7 Å². The van der Waals surface area contributed by atoms with Crippen molar-refractivity contribution in [1.82, 2.24) is 10.3 Å². The fraction of sp³-hybridized carbons (Fsp3) is 0.211. The number of hydrogen-bond donors (Lipinski definition) is 1. The van der Waals surface area contributed by atoms with Gasteiger partial charge < -0.3 is 5.32 Å². The van der Waals surface area contributed by atoms with Crippen LogP contribution in [0.4, 0.5) is 8.78 Å². The number of thioether (sulfide) groups is 1. The zero-order valence-corrected chi connectivity index (χ0v) is 15.0. The van der Waals surface area contributed by atoms with Gasteiger partial charge in [-0.1, -0.05) is 0 Å². The summed E-state index contributed by atoms with van der Waals surface area (Å²) in [4.78, 5) is 5.77. The molecule has 2 nitrogen and oxygen atoms in total. The number of nitrogens with one attached hydrogen (secondary N) is 1. The summed E-state index contributed by atoms with van der Waals surface area (Å²) in [6.07, 6.45) is 0.968. The fourth-order valence-corrected chi connectivity index (χ4v) is 4.85. The summed E-state index contributed by atoms with van der Waals surface area (Å²) in [6, 6.07) is 11.5. The Labute approximate surface area is 153 Å². The molecule has 3 aromatic rings. The monoisotopic (exact) mass is 374 g/mol. The summed E-state index contributed by atoms with van der Waals surface area (Å²) in [5, 5.41) is 6.39. The van der Waals surface area contributed by atoms with Gasteiger partial charge in [0.1, 0.15) is 16.6 Å². The summed E-state index contributed by atoms with van der Waals surface area (Å²) in [5.74, 6) is 0.581. The molecule has 2 aromatic carbocycles. The molecule has 1 unspecified atom stereocenters. The molecule has 0 amide bonds. The summed E-state index contributed by atoms with van der Waals surface area (Å²) >= 11 is 3.32. The highest BCUT2D eigenvalue weighted by Gasteiger charge is 2.21. The van der Waals surface area contributed by atoms with E-state index in [1.54, 1.807) is 41.3 Å². The van der Waals surface area contributed by atoms with Gasteiger partial charge in [-0.15, -0.1) is 23.1 Å². The van der Waals surface area contributed by atoms with Gasteiger partial charge in [-0.25, -0.2) is 13.8 Å². The number of thiazole rings is 1. The predicted molar refractivity (Wildman–Crippen MR) is 98.8 cm³/mol. The van der Waals surface area contributed by atoms with Crippen molar-refractivity contribution in [3.63, 3.8) is 0 Å². The number of nitrogens with zero attached hydrogens (tertiary/aromatic N) is 1. The Morgan fingerprint density at radius 1 is 1.08 bits per heavy atom. The van der Waals surface area contributed by atoms with Gasteiger partial charge in [0.2, 0.25) is 0 Å². The number of halogens is 2. The highest BCUT2D eigenvalue weighted by atomic mass is 32.2. The number of fused-ring (bicyclic) bond motifs is 1. The summed E-state index contributed by atoms with van der Waals surface area (Å²) < 4.78 is 26.6. The van der Waals surface area contributed by atoms with Crippen molar-refractivity contribution in [2.75, 3.05) is 5.75 Å². The van der Waals surface area contributed by atoms with Crippen LogP contribution in [0.3, 0.4) is 0 Å². The topological polar surface area (TPSA) is 24.9 Å². The van der Waals surface area contributed by atoms with Gasteiger partial charge in [-0.05, 0) is 60.2 Å². The quantitative estimate of drug-likeness (QED) is 0.660. The SMILES string of the molecule is Fc1ccc(-c2nc(CNC3CCSc4ccc(F)cc43)cs2)cc1. The lowest BCUT2D eigenvalue weighted by molar-refractivity contribution is 0.501. The highest BCUT2D eigenvalue weighted by molar-refractivity contribution is 7.99. The van der Waals surface area contributed by atoms with Crippen molar-refractivity contribution < 1.29 is 8.78 Å². The molecule has 0 saturated carbocycles. The molecule has 1 aliphatic heterocycles. The maximum absolute atomic E-state index is 13.6. The molecule has 4 rings (SSSR count). The summed E-state index contributed by atoms with van der Waals surface area (Å²) in [5.41, 5.74) is 2.89. The Balaban J connectivity index is 1.46. The molecule has 1 atom stereocenters. The minimum absolute atomic E-state index is 0.142. The molecular weight excluding hydrogens is 358 g/mol. The first-order valence-electron chi connectivity index (χ1n) is 8.05. The van der Waals surface area contributed by atoms with E-state index in [9.17, 15) is 8.78 Å². The van der Waals surface area contributed by atoms with Crippen molar-refractivity contribution in [3.05, 3.63) is 70.7 Å². The molecule has 1 aliphatic rings. The Kier molecular flexibility index (Phi) is 4.83. The van der Waals surface area contributed by atoms with Crippen LogP contribution in [0, 0.1) is 11.6 Å². The molecule has 2 heterocycles. The van der Waals surface area contributed by atoms with E-state index in [1.165, 1.54) is 18.2 Å². The molecule has 0 radical (unpaired) electrons. The molecule has 0 fully saturated rings. The van der Waals surface area contributed by atoms with E-state index in [0.717, 1.165) is 38.9 Å². The van der Waals surface area contributed by atoms with Crippen molar-refractivity contribution >= 4 is 23.1 Å². The third kappa shape index (κ3) is 3.76. The van der Waals surface area contributed by atoms with Crippen molar-refractivity contribution in [2.24, 2.45) is 0 Å². The van der Waals surface area contributed by atoms with Gasteiger partial charge in [0.05, 0.1) is 5.69 Å². The average molecular weight is 374 g/mol. The van der Waals surface area contributed by atoms with Gasteiger partial charge in [0, 0.05) is 28.4 Å². The normalized spacial score (nSPS) is 16.6. The standard InChI is InChI=1S/C19H16F2N2S2/c20-13-3-1-12(2-4-13)19-23-15(11-25-19)10-22-17-7-8-24-18-6-5-14(21)9-16(17)18/h1-6,9,11,17,22H,7-8,10H2. The van der Waals surface area contributed by atoms with Crippen LogP contribution < -0.4 is 5.32 Å². The van der Waals surface area contributed by atoms with Gasteiger partial charge in [-0.2, -0.15) is 0 Å². The number of hydrogen-bond acceptors (Lipinski definition) is 4. The first kappa shape index (κ1) is 16.7. The van der Waals surface area contributed by atoms with Gasteiger partial charge in [0.15, 0.2) is 0 Å². The van der Waals surface area contributed by atoms with Crippen LogP contribution in [0.25, 0.3) is 10.6 Å². The first-order chi connectivity index (χ1) is 12.2. The lowest BCUT2D eigenvalue weighted by Crippen LogP contribution is -2.24. The Bertz CT molecular complexity index is 877. The molecule has 1 N–H and O–H groups in total. The number of rotatable bonds is 4.